The zero-order valence-corrected chi connectivity index (χ0v) is 20.7. The molecule has 2 heterocycles. The molecular formula is C25H27N3O2S2. The molecule has 0 fully saturated rings. The number of carbonyl (C=O) groups is 1. The number of aromatic nitrogens is 2. The molecule has 5 nitrogen and oxygen atoms in total. The Morgan fingerprint density at radius 2 is 1.66 bits per heavy atom. The molecule has 2 aromatic carbocycles. The van der Waals surface area contributed by atoms with Crippen LogP contribution in [0, 0.1) is 34.6 Å². The summed E-state index contributed by atoms with van der Waals surface area (Å²) >= 11 is 2.87. The number of carbonyl (C=O) groups excluding carboxylic acids is 1. The van der Waals surface area contributed by atoms with Gasteiger partial charge in [0.1, 0.15) is 0 Å². The van der Waals surface area contributed by atoms with Crippen LogP contribution in [0.4, 0.5) is 5.69 Å². The Labute approximate surface area is 197 Å². The maximum atomic E-state index is 13.3. The minimum Gasteiger partial charge on any atom is -0.325 e. The summed E-state index contributed by atoms with van der Waals surface area (Å²) in [6.45, 7) is 10.1. The molecular weight excluding hydrogens is 438 g/mol. The molecule has 0 atom stereocenters. The monoisotopic (exact) mass is 465 g/mol. The standard InChI is InChI=1S/C25H27N3O2S2/c1-14-8-15(2)12-19(11-14)28-24(30)23-20(6-7-31-23)26-25(28)32-13-21(29)27-22-17(4)9-16(3)10-18(22)5/h8-12H,6-7,13H2,1-5H3,(H,27,29). The highest BCUT2D eigenvalue weighted by Crippen LogP contribution is 2.30. The minimum absolute atomic E-state index is 0.0457. The Hall–Kier alpha value is -2.51. The van der Waals surface area contributed by atoms with E-state index in [1.165, 1.54) is 17.3 Å². The molecule has 1 amide bonds. The number of hydrogen-bond donors (Lipinski definition) is 1. The van der Waals surface area contributed by atoms with E-state index in [1.807, 2.05) is 46.8 Å². The topological polar surface area (TPSA) is 64.0 Å². The smallest absolute Gasteiger partial charge is 0.272 e. The Balaban J connectivity index is 1.65. The van der Waals surface area contributed by atoms with Gasteiger partial charge in [0.25, 0.3) is 5.56 Å². The number of nitrogens with zero attached hydrogens (tertiary/aromatic N) is 2. The first-order valence-electron chi connectivity index (χ1n) is 10.6. The number of thioether (sulfide) groups is 2. The summed E-state index contributed by atoms with van der Waals surface area (Å²) in [5.41, 5.74) is 7.86. The summed E-state index contributed by atoms with van der Waals surface area (Å²) in [6, 6.07) is 10.2. The molecule has 3 aromatic rings. The average Bonchev–Trinajstić information content (AvgIpc) is 3.17. The van der Waals surface area contributed by atoms with E-state index in [4.69, 9.17) is 4.98 Å². The number of hydrogen-bond acceptors (Lipinski definition) is 5. The number of aryl methyl sites for hydroxylation is 6. The van der Waals surface area contributed by atoms with E-state index in [2.05, 4.69) is 23.5 Å². The zero-order chi connectivity index (χ0) is 23.0. The zero-order valence-electron chi connectivity index (χ0n) is 19.0. The van der Waals surface area contributed by atoms with Gasteiger partial charge in [-0.3, -0.25) is 14.2 Å². The van der Waals surface area contributed by atoms with Crippen LogP contribution in [0.3, 0.4) is 0 Å². The van der Waals surface area contributed by atoms with Crippen LogP contribution in [0.1, 0.15) is 33.5 Å². The van der Waals surface area contributed by atoms with Gasteiger partial charge >= 0.3 is 0 Å². The third kappa shape index (κ3) is 4.64. The largest absolute Gasteiger partial charge is 0.325 e. The van der Waals surface area contributed by atoms with Crippen molar-refractivity contribution < 1.29 is 4.79 Å². The van der Waals surface area contributed by atoms with E-state index < -0.39 is 0 Å². The van der Waals surface area contributed by atoms with Gasteiger partial charge in [0.05, 0.1) is 22.0 Å². The van der Waals surface area contributed by atoms with Crippen molar-refractivity contribution in [1.29, 1.82) is 0 Å². The molecule has 0 saturated heterocycles. The van der Waals surface area contributed by atoms with Crippen LogP contribution in [0.25, 0.3) is 5.69 Å². The van der Waals surface area contributed by atoms with E-state index >= 15 is 0 Å². The highest BCUT2D eigenvalue weighted by molar-refractivity contribution is 8.00. The van der Waals surface area contributed by atoms with Crippen LogP contribution in [0.15, 0.2) is 45.2 Å². The number of nitrogens with one attached hydrogen (secondary N) is 1. The quantitative estimate of drug-likeness (QED) is 0.417. The van der Waals surface area contributed by atoms with Gasteiger partial charge in [-0.15, -0.1) is 11.8 Å². The van der Waals surface area contributed by atoms with Crippen molar-refractivity contribution in [2.45, 2.75) is 51.1 Å². The fourth-order valence-corrected chi connectivity index (χ4v) is 6.03. The number of fused-ring (bicyclic) bond motifs is 1. The van der Waals surface area contributed by atoms with Crippen LogP contribution >= 0.6 is 23.5 Å². The predicted octanol–water partition coefficient (Wildman–Crippen LogP) is 5.15. The lowest BCUT2D eigenvalue weighted by atomic mass is 10.1. The molecule has 0 saturated carbocycles. The summed E-state index contributed by atoms with van der Waals surface area (Å²) in [7, 11) is 0. The summed E-state index contributed by atoms with van der Waals surface area (Å²) in [5, 5.41) is 3.60. The normalized spacial score (nSPS) is 12.7. The van der Waals surface area contributed by atoms with Gasteiger partial charge in [0, 0.05) is 17.9 Å². The van der Waals surface area contributed by atoms with E-state index in [0.29, 0.717) is 5.16 Å². The van der Waals surface area contributed by atoms with E-state index in [0.717, 1.165) is 56.4 Å². The number of anilines is 1. The SMILES string of the molecule is Cc1cc(C)cc(-n2c(SCC(=O)Nc3c(C)cc(C)cc3C)nc3c(c2=O)SCC3)c1. The van der Waals surface area contributed by atoms with Crippen molar-refractivity contribution in [3.8, 4) is 5.69 Å². The fourth-order valence-electron chi connectivity index (χ4n) is 4.18. The maximum absolute atomic E-state index is 13.3. The Kier molecular flexibility index (Phi) is 6.49. The highest BCUT2D eigenvalue weighted by Gasteiger charge is 2.23. The molecule has 0 unspecified atom stereocenters. The average molecular weight is 466 g/mol. The summed E-state index contributed by atoms with van der Waals surface area (Å²) in [6.07, 6.45) is 0.782. The molecule has 0 spiro atoms. The van der Waals surface area contributed by atoms with Gasteiger partial charge in [0.15, 0.2) is 5.16 Å². The van der Waals surface area contributed by atoms with Gasteiger partial charge in [-0.1, -0.05) is 35.5 Å². The summed E-state index contributed by atoms with van der Waals surface area (Å²) in [5.74, 6) is 0.933. The van der Waals surface area contributed by atoms with Crippen LogP contribution in [0.2, 0.25) is 0 Å². The van der Waals surface area contributed by atoms with Gasteiger partial charge in [-0.05, 0) is 69.0 Å². The van der Waals surface area contributed by atoms with Gasteiger partial charge < -0.3 is 5.32 Å². The Morgan fingerprint density at radius 1 is 1.03 bits per heavy atom. The second-order valence-electron chi connectivity index (χ2n) is 8.37. The first-order valence-corrected chi connectivity index (χ1v) is 12.6. The predicted molar refractivity (Wildman–Crippen MR) is 134 cm³/mol. The molecule has 32 heavy (non-hydrogen) atoms. The lowest BCUT2D eigenvalue weighted by Gasteiger charge is -2.16. The first kappa shape index (κ1) is 22.7. The third-order valence-corrected chi connectivity index (χ3v) is 7.45. The van der Waals surface area contributed by atoms with Crippen molar-refractivity contribution >= 4 is 35.1 Å². The molecule has 1 aromatic heterocycles. The van der Waals surface area contributed by atoms with Crippen molar-refractivity contribution in [3.05, 3.63) is 74.2 Å². The number of rotatable bonds is 5. The third-order valence-electron chi connectivity index (χ3n) is 5.41. The van der Waals surface area contributed by atoms with E-state index in [-0.39, 0.29) is 17.2 Å². The van der Waals surface area contributed by atoms with Gasteiger partial charge in [0.2, 0.25) is 5.91 Å². The van der Waals surface area contributed by atoms with Gasteiger partial charge in [-0.25, -0.2) is 4.98 Å². The van der Waals surface area contributed by atoms with E-state index in [9.17, 15) is 9.59 Å². The second kappa shape index (κ2) is 9.16. The van der Waals surface area contributed by atoms with Crippen LogP contribution in [0.5, 0.6) is 0 Å². The second-order valence-corrected chi connectivity index (χ2v) is 10.4. The van der Waals surface area contributed by atoms with Crippen molar-refractivity contribution in [2.24, 2.45) is 0 Å². The lowest BCUT2D eigenvalue weighted by molar-refractivity contribution is -0.113. The lowest BCUT2D eigenvalue weighted by Crippen LogP contribution is -2.25. The Bertz CT molecular complexity index is 1240. The molecule has 4 rings (SSSR count). The van der Waals surface area contributed by atoms with Crippen molar-refractivity contribution in [3.63, 3.8) is 0 Å². The van der Waals surface area contributed by atoms with Crippen molar-refractivity contribution in [1.82, 2.24) is 9.55 Å². The van der Waals surface area contributed by atoms with Gasteiger partial charge in [-0.2, -0.15) is 0 Å². The van der Waals surface area contributed by atoms with Crippen LogP contribution in [-0.2, 0) is 11.2 Å². The molecule has 0 bridgehead atoms. The Morgan fingerprint density at radius 3 is 2.31 bits per heavy atom. The highest BCUT2D eigenvalue weighted by atomic mass is 32.2. The van der Waals surface area contributed by atoms with Crippen LogP contribution in [-0.4, -0.2) is 27.0 Å². The number of amides is 1. The fraction of sp³-hybridized carbons (Fsp3) is 0.320. The maximum Gasteiger partial charge on any atom is 0.272 e. The molecule has 0 aliphatic carbocycles. The molecule has 0 radical (unpaired) electrons. The van der Waals surface area contributed by atoms with Crippen molar-refractivity contribution in [2.75, 3.05) is 16.8 Å². The molecule has 1 aliphatic heterocycles. The molecule has 166 valence electrons. The molecule has 1 aliphatic rings. The molecule has 7 heteroatoms. The first-order chi connectivity index (χ1) is 15.2. The summed E-state index contributed by atoms with van der Waals surface area (Å²) < 4.78 is 1.66. The minimum atomic E-state index is -0.110. The summed E-state index contributed by atoms with van der Waals surface area (Å²) in [4.78, 5) is 31.7. The number of benzene rings is 2. The molecule has 1 N–H and O–H groups in total. The van der Waals surface area contributed by atoms with E-state index in [1.54, 1.807) is 16.3 Å². The van der Waals surface area contributed by atoms with Crippen LogP contribution < -0.4 is 10.9 Å².